The Bertz CT molecular complexity index is 1130. The first-order valence-corrected chi connectivity index (χ1v) is 12.8. The molecule has 1 aromatic carbocycles. The Kier molecular flexibility index (Phi) is 5.76. The highest BCUT2D eigenvalue weighted by Crippen LogP contribution is 2.60. The Morgan fingerprint density at radius 2 is 1.97 bits per heavy atom. The molecule has 0 radical (unpaired) electrons. The smallest absolute Gasteiger partial charge is 0.309 e. The fraction of sp³-hybridized carbons (Fsp3) is 0.517. The van der Waals surface area contributed by atoms with Gasteiger partial charge in [0, 0.05) is 30.0 Å². The van der Waals surface area contributed by atoms with Gasteiger partial charge in [0.2, 0.25) is 0 Å². The lowest BCUT2D eigenvalue weighted by Gasteiger charge is -2.50. The standard InChI is InChI=1S/C29H32FNO4/c1-19-28(10-3-6-25-8-7-22(18-31-25)20-4-2-5-24(30)14-20)16-21-9-11-29(33-12-13-34-29)17-23(21)15-26(28)27(32)35-19/h2-8,14,18-19,21,23,26H,9-13,15-17H2,1H3/b6-3-/t19-,21?,23-,26+,28-/m1/s1. The van der Waals surface area contributed by atoms with Crippen LogP contribution < -0.4 is 0 Å². The maximum atomic E-state index is 13.5. The number of hydrogen-bond acceptors (Lipinski definition) is 5. The number of pyridine rings is 1. The summed E-state index contributed by atoms with van der Waals surface area (Å²) in [6.07, 6.45) is 11.4. The zero-order valence-corrected chi connectivity index (χ0v) is 20.1. The van der Waals surface area contributed by atoms with Crippen LogP contribution in [0.25, 0.3) is 17.2 Å². The topological polar surface area (TPSA) is 57.7 Å². The lowest BCUT2D eigenvalue weighted by molar-refractivity contribution is -0.205. The Morgan fingerprint density at radius 1 is 1.11 bits per heavy atom. The number of cyclic esters (lactones) is 1. The van der Waals surface area contributed by atoms with Crippen molar-refractivity contribution < 1.29 is 23.4 Å². The highest BCUT2D eigenvalue weighted by molar-refractivity contribution is 5.76. The number of nitrogens with zero attached hydrogens (tertiary/aromatic N) is 1. The summed E-state index contributed by atoms with van der Waals surface area (Å²) >= 11 is 0. The zero-order chi connectivity index (χ0) is 24.0. The number of halogens is 1. The first kappa shape index (κ1) is 22.9. The molecule has 2 aliphatic heterocycles. The molecule has 4 aliphatic rings. The van der Waals surface area contributed by atoms with Crippen molar-refractivity contribution >= 4 is 12.0 Å². The Morgan fingerprint density at radius 3 is 2.74 bits per heavy atom. The highest BCUT2D eigenvalue weighted by Gasteiger charge is 2.61. The van der Waals surface area contributed by atoms with Gasteiger partial charge in [0.1, 0.15) is 11.9 Å². The summed E-state index contributed by atoms with van der Waals surface area (Å²) < 4.78 is 31.4. The van der Waals surface area contributed by atoms with Crippen molar-refractivity contribution in [1.29, 1.82) is 0 Å². The number of carbonyl (C=O) groups is 1. The maximum Gasteiger partial charge on any atom is 0.309 e. The van der Waals surface area contributed by atoms with E-state index in [1.807, 2.05) is 24.3 Å². The third-order valence-corrected chi connectivity index (χ3v) is 8.94. The zero-order valence-electron chi connectivity index (χ0n) is 20.1. The molecule has 6 rings (SSSR count). The fourth-order valence-electron chi connectivity index (χ4n) is 7.07. The summed E-state index contributed by atoms with van der Waals surface area (Å²) in [5.41, 5.74) is 2.37. The maximum absolute atomic E-state index is 13.5. The van der Waals surface area contributed by atoms with Gasteiger partial charge in [-0.3, -0.25) is 9.78 Å². The van der Waals surface area contributed by atoms with Crippen molar-refractivity contribution in [3.63, 3.8) is 0 Å². The van der Waals surface area contributed by atoms with Gasteiger partial charge in [-0.05, 0) is 74.3 Å². The van der Waals surface area contributed by atoms with E-state index in [2.05, 4.69) is 18.0 Å². The highest BCUT2D eigenvalue weighted by atomic mass is 19.1. The van der Waals surface area contributed by atoms with Gasteiger partial charge in [-0.25, -0.2) is 4.39 Å². The third kappa shape index (κ3) is 4.11. The number of esters is 1. The van der Waals surface area contributed by atoms with Crippen LogP contribution in [0, 0.1) is 29.0 Å². The lowest BCUT2D eigenvalue weighted by Crippen LogP contribution is -2.49. The van der Waals surface area contributed by atoms with Gasteiger partial charge in [0.15, 0.2) is 5.79 Å². The van der Waals surface area contributed by atoms with Crippen molar-refractivity contribution in [3.8, 4) is 11.1 Å². The predicted molar refractivity (Wildman–Crippen MR) is 129 cm³/mol. The van der Waals surface area contributed by atoms with E-state index in [9.17, 15) is 9.18 Å². The third-order valence-electron chi connectivity index (χ3n) is 8.94. The molecule has 184 valence electrons. The molecular formula is C29H32FNO4. The lowest BCUT2D eigenvalue weighted by atomic mass is 9.54. The SMILES string of the molecule is C[C@H]1OC(=O)[C@@H]2C[C@@H]3CC4(CCC3C[C@]12C/C=C\c1ccc(-c2cccc(F)c2)cn1)OCCO4. The summed E-state index contributed by atoms with van der Waals surface area (Å²) in [6.45, 7) is 3.41. The molecular weight excluding hydrogens is 445 g/mol. The molecule has 2 saturated carbocycles. The van der Waals surface area contributed by atoms with Crippen LogP contribution in [0.1, 0.15) is 51.1 Å². The van der Waals surface area contributed by atoms with E-state index in [1.165, 1.54) is 12.1 Å². The van der Waals surface area contributed by atoms with Gasteiger partial charge < -0.3 is 14.2 Å². The van der Waals surface area contributed by atoms with Gasteiger partial charge >= 0.3 is 5.97 Å². The molecule has 1 aromatic heterocycles. The largest absolute Gasteiger partial charge is 0.462 e. The molecule has 35 heavy (non-hydrogen) atoms. The van der Waals surface area contributed by atoms with Crippen molar-refractivity contribution in [2.75, 3.05) is 13.2 Å². The number of allylic oxidation sites excluding steroid dienone is 1. The van der Waals surface area contributed by atoms with E-state index in [0.29, 0.717) is 25.0 Å². The Balaban J connectivity index is 1.17. The molecule has 6 heteroatoms. The molecule has 0 N–H and O–H groups in total. The van der Waals surface area contributed by atoms with Crippen molar-refractivity contribution in [1.82, 2.24) is 4.98 Å². The molecule has 2 saturated heterocycles. The number of ether oxygens (including phenoxy) is 3. The number of aromatic nitrogens is 1. The van der Waals surface area contributed by atoms with Crippen LogP contribution in [-0.4, -0.2) is 36.1 Å². The van der Waals surface area contributed by atoms with Crippen LogP contribution in [0.5, 0.6) is 0 Å². The Hall–Kier alpha value is -2.57. The molecule has 5 nitrogen and oxygen atoms in total. The molecule has 5 atom stereocenters. The Labute approximate surface area is 205 Å². The number of hydrogen-bond donors (Lipinski definition) is 0. The average molecular weight is 478 g/mol. The molecule has 2 aromatic rings. The van der Waals surface area contributed by atoms with E-state index in [0.717, 1.165) is 55.3 Å². The first-order valence-electron chi connectivity index (χ1n) is 12.8. The first-order chi connectivity index (χ1) is 17.0. The van der Waals surface area contributed by atoms with Crippen LogP contribution in [0.15, 0.2) is 48.7 Å². The van der Waals surface area contributed by atoms with Crippen LogP contribution in [0.4, 0.5) is 4.39 Å². The fourth-order valence-corrected chi connectivity index (χ4v) is 7.07. The minimum Gasteiger partial charge on any atom is -0.462 e. The van der Waals surface area contributed by atoms with E-state index in [1.54, 1.807) is 12.3 Å². The predicted octanol–water partition coefficient (Wildman–Crippen LogP) is 5.79. The second kappa shape index (κ2) is 8.82. The number of rotatable bonds is 4. The quantitative estimate of drug-likeness (QED) is 0.522. The van der Waals surface area contributed by atoms with Crippen LogP contribution >= 0.6 is 0 Å². The molecule has 2 aliphatic carbocycles. The van der Waals surface area contributed by atoms with Crippen LogP contribution in [-0.2, 0) is 19.0 Å². The van der Waals surface area contributed by atoms with E-state index in [4.69, 9.17) is 14.2 Å². The number of benzene rings is 1. The second-order valence-electron chi connectivity index (χ2n) is 10.8. The van der Waals surface area contributed by atoms with Gasteiger partial charge in [-0.15, -0.1) is 0 Å². The van der Waals surface area contributed by atoms with Crippen molar-refractivity contribution in [2.45, 2.75) is 57.3 Å². The molecule has 1 spiro atoms. The molecule has 1 unspecified atom stereocenters. The summed E-state index contributed by atoms with van der Waals surface area (Å²) in [4.78, 5) is 17.4. The van der Waals surface area contributed by atoms with Gasteiger partial charge in [-0.1, -0.05) is 24.3 Å². The monoisotopic (exact) mass is 477 g/mol. The van der Waals surface area contributed by atoms with E-state index in [-0.39, 0.29) is 29.2 Å². The summed E-state index contributed by atoms with van der Waals surface area (Å²) in [5, 5.41) is 0. The second-order valence-corrected chi connectivity index (χ2v) is 10.8. The van der Waals surface area contributed by atoms with Crippen molar-refractivity contribution in [2.24, 2.45) is 23.2 Å². The number of carbonyl (C=O) groups excluding carboxylic acids is 1. The molecule has 3 heterocycles. The summed E-state index contributed by atoms with van der Waals surface area (Å²) in [6, 6.07) is 10.4. The van der Waals surface area contributed by atoms with Gasteiger partial charge in [0.05, 0.1) is 24.8 Å². The summed E-state index contributed by atoms with van der Waals surface area (Å²) in [7, 11) is 0. The molecule has 0 bridgehead atoms. The molecule has 0 amide bonds. The van der Waals surface area contributed by atoms with Crippen LogP contribution in [0.3, 0.4) is 0 Å². The summed E-state index contributed by atoms with van der Waals surface area (Å²) in [5.74, 6) is 0.211. The normalized spacial score (nSPS) is 33.6. The van der Waals surface area contributed by atoms with E-state index >= 15 is 0 Å². The minimum absolute atomic E-state index is 0.0465. The minimum atomic E-state index is -0.418. The van der Waals surface area contributed by atoms with Gasteiger partial charge in [-0.2, -0.15) is 0 Å². The van der Waals surface area contributed by atoms with Crippen molar-refractivity contribution in [3.05, 3.63) is 60.2 Å². The average Bonchev–Trinajstić information content (AvgIpc) is 3.40. The van der Waals surface area contributed by atoms with E-state index < -0.39 is 5.79 Å². The van der Waals surface area contributed by atoms with Crippen LogP contribution in [0.2, 0.25) is 0 Å². The van der Waals surface area contributed by atoms with Gasteiger partial charge in [0.25, 0.3) is 0 Å². The molecule has 4 fully saturated rings. The number of fused-ring (bicyclic) bond motifs is 2.